The number of hydrogen-bond acceptors (Lipinski definition) is 3. The molecular weight excluding hydrogens is 240 g/mol. The minimum absolute atomic E-state index is 0.0676. The summed E-state index contributed by atoms with van der Waals surface area (Å²) in [6, 6.07) is 0. The highest BCUT2D eigenvalue weighted by molar-refractivity contribution is 5.88. The molecule has 106 valence electrons. The highest BCUT2D eigenvalue weighted by atomic mass is 16.6. The van der Waals surface area contributed by atoms with Crippen molar-refractivity contribution >= 4 is 5.97 Å². The summed E-state index contributed by atoms with van der Waals surface area (Å²) >= 11 is 0. The number of esters is 1. The molecule has 0 spiro atoms. The Morgan fingerprint density at radius 2 is 2.16 bits per heavy atom. The number of epoxide rings is 1. The minimum Gasteiger partial charge on any atom is -0.466 e. The van der Waals surface area contributed by atoms with Crippen molar-refractivity contribution in [1.29, 1.82) is 0 Å². The second kappa shape index (κ2) is 4.62. The fraction of sp³-hybridized carbons (Fsp3) is 0.812. The lowest BCUT2D eigenvalue weighted by molar-refractivity contribution is -0.136. The lowest BCUT2D eigenvalue weighted by Crippen LogP contribution is -2.41. The van der Waals surface area contributed by atoms with Gasteiger partial charge in [-0.2, -0.15) is 0 Å². The Morgan fingerprint density at radius 1 is 1.42 bits per heavy atom. The predicted octanol–water partition coefficient (Wildman–Crippen LogP) is 2.95. The molecule has 0 aromatic rings. The summed E-state index contributed by atoms with van der Waals surface area (Å²) in [6.07, 6.45) is 6.74. The summed E-state index contributed by atoms with van der Waals surface area (Å²) < 4.78 is 10.6. The molecule has 0 aromatic carbocycles. The number of rotatable bonds is 2. The van der Waals surface area contributed by atoms with Crippen molar-refractivity contribution in [1.82, 2.24) is 0 Å². The third-order valence-electron chi connectivity index (χ3n) is 5.60. The van der Waals surface area contributed by atoms with E-state index in [-0.39, 0.29) is 11.6 Å². The van der Waals surface area contributed by atoms with Crippen LogP contribution in [0.2, 0.25) is 0 Å². The van der Waals surface area contributed by atoms with Gasteiger partial charge in [0.05, 0.1) is 19.3 Å². The van der Waals surface area contributed by atoms with Crippen LogP contribution in [0.15, 0.2) is 11.6 Å². The molecular formula is C16H24O3. The molecule has 0 amide bonds. The van der Waals surface area contributed by atoms with Crippen LogP contribution in [-0.4, -0.2) is 25.3 Å². The van der Waals surface area contributed by atoms with Gasteiger partial charge in [-0.25, -0.2) is 4.79 Å². The molecule has 3 heteroatoms. The molecule has 0 radical (unpaired) electrons. The molecule has 3 aliphatic rings. The van der Waals surface area contributed by atoms with E-state index in [9.17, 15) is 4.79 Å². The molecule has 2 fully saturated rings. The van der Waals surface area contributed by atoms with Gasteiger partial charge in [-0.3, -0.25) is 0 Å². The Morgan fingerprint density at radius 3 is 2.79 bits per heavy atom. The molecule has 19 heavy (non-hydrogen) atoms. The van der Waals surface area contributed by atoms with Crippen LogP contribution < -0.4 is 0 Å². The number of methoxy groups -OCH3 is 1. The number of carbonyl (C=O) groups excluding carboxylic acids is 1. The molecule has 5 atom stereocenters. The van der Waals surface area contributed by atoms with Gasteiger partial charge in [0.15, 0.2) is 0 Å². The Balaban J connectivity index is 1.87. The van der Waals surface area contributed by atoms with Crippen LogP contribution in [0.4, 0.5) is 0 Å². The van der Waals surface area contributed by atoms with E-state index in [1.54, 1.807) is 0 Å². The number of ether oxygens (including phenoxy) is 2. The maximum atomic E-state index is 11.8. The highest BCUT2D eigenvalue weighted by Gasteiger charge is 2.53. The fourth-order valence-electron chi connectivity index (χ4n) is 4.22. The molecule has 1 saturated heterocycles. The van der Waals surface area contributed by atoms with Gasteiger partial charge in [0.25, 0.3) is 0 Å². The first-order valence-corrected chi connectivity index (χ1v) is 7.48. The average molecular weight is 264 g/mol. The summed E-state index contributed by atoms with van der Waals surface area (Å²) in [6.45, 7) is 5.47. The van der Waals surface area contributed by atoms with E-state index >= 15 is 0 Å². The lowest BCUT2D eigenvalue weighted by Gasteiger charge is -2.45. The van der Waals surface area contributed by atoms with Crippen LogP contribution >= 0.6 is 0 Å². The Labute approximate surface area is 115 Å². The minimum atomic E-state index is -0.141. The predicted molar refractivity (Wildman–Crippen MR) is 72.6 cm³/mol. The molecule has 1 saturated carbocycles. The first-order chi connectivity index (χ1) is 9.05. The van der Waals surface area contributed by atoms with Crippen molar-refractivity contribution in [2.24, 2.45) is 23.7 Å². The molecule has 1 aliphatic heterocycles. The van der Waals surface area contributed by atoms with Crippen molar-refractivity contribution in [3.05, 3.63) is 11.6 Å². The van der Waals surface area contributed by atoms with E-state index in [0.717, 1.165) is 30.9 Å². The van der Waals surface area contributed by atoms with Crippen LogP contribution in [0.25, 0.3) is 0 Å². The second-order valence-electron chi connectivity index (χ2n) is 6.73. The van der Waals surface area contributed by atoms with Crippen LogP contribution in [0, 0.1) is 23.7 Å². The standard InChI is InChI=1S/C16H24O3/c1-10-4-7-14(16(2)9-19-16)13-8-11(15(17)18-3)5-6-12(10)13/h8,10,12-14H,4-7,9H2,1-3H3/t10-,12-,13+,14+,16+/m1/s1. The van der Waals surface area contributed by atoms with Gasteiger partial charge in [-0.05, 0) is 49.9 Å². The van der Waals surface area contributed by atoms with E-state index in [2.05, 4.69) is 19.9 Å². The summed E-state index contributed by atoms with van der Waals surface area (Å²) in [4.78, 5) is 11.8. The van der Waals surface area contributed by atoms with Crippen molar-refractivity contribution in [2.45, 2.75) is 45.1 Å². The van der Waals surface area contributed by atoms with Crippen molar-refractivity contribution in [3.8, 4) is 0 Å². The Kier molecular flexibility index (Phi) is 3.20. The number of carbonyl (C=O) groups is 1. The van der Waals surface area contributed by atoms with Crippen molar-refractivity contribution < 1.29 is 14.3 Å². The second-order valence-corrected chi connectivity index (χ2v) is 6.73. The van der Waals surface area contributed by atoms with E-state index in [0.29, 0.717) is 17.8 Å². The average Bonchev–Trinajstić information content (AvgIpc) is 3.16. The van der Waals surface area contributed by atoms with Crippen LogP contribution in [0.1, 0.15) is 39.5 Å². The summed E-state index contributed by atoms with van der Waals surface area (Å²) in [7, 11) is 1.47. The maximum Gasteiger partial charge on any atom is 0.333 e. The Hall–Kier alpha value is -0.830. The molecule has 2 aliphatic carbocycles. The van der Waals surface area contributed by atoms with E-state index in [1.165, 1.54) is 20.0 Å². The zero-order valence-corrected chi connectivity index (χ0v) is 12.1. The molecule has 0 bridgehead atoms. The van der Waals surface area contributed by atoms with Crippen LogP contribution in [0.5, 0.6) is 0 Å². The molecule has 0 N–H and O–H groups in total. The molecule has 3 nitrogen and oxygen atoms in total. The highest BCUT2D eigenvalue weighted by Crippen LogP contribution is 2.53. The van der Waals surface area contributed by atoms with Gasteiger partial charge in [-0.1, -0.05) is 19.4 Å². The number of hydrogen-bond donors (Lipinski definition) is 0. The van der Waals surface area contributed by atoms with Crippen LogP contribution in [-0.2, 0) is 14.3 Å². The van der Waals surface area contributed by atoms with E-state index in [1.807, 2.05) is 0 Å². The van der Waals surface area contributed by atoms with Gasteiger partial charge in [0.1, 0.15) is 0 Å². The smallest absolute Gasteiger partial charge is 0.333 e. The van der Waals surface area contributed by atoms with Gasteiger partial charge >= 0.3 is 5.97 Å². The van der Waals surface area contributed by atoms with Gasteiger partial charge < -0.3 is 9.47 Å². The molecule has 3 rings (SSSR count). The normalized spacial score (nSPS) is 45.1. The largest absolute Gasteiger partial charge is 0.466 e. The zero-order valence-electron chi connectivity index (χ0n) is 12.1. The monoisotopic (exact) mass is 264 g/mol. The summed E-state index contributed by atoms with van der Waals surface area (Å²) in [5, 5.41) is 0. The third-order valence-corrected chi connectivity index (χ3v) is 5.60. The summed E-state index contributed by atoms with van der Waals surface area (Å²) in [5.41, 5.74) is 0.949. The maximum absolute atomic E-state index is 11.8. The van der Waals surface area contributed by atoms with Crippen molar-refractivity contribution in [3.63, 3.8) is 0 Å². The van der Waals surface area contributed by atoms with E-state index < -0.39 is 0 Å². The lowest BCUT2D eigenvalue weighted by atomic mass is 9.60. The SMILES string of the molecule is COC(=O)C1=C[C@H]2[C@H](CC1)[C@H](C)CC[C@@H]2[C@]1(C)CO1. The fourth-order valence-corrected chi connectivity index (χ4v) is 4.22. The first-order valence-electron chi connectivity index (χ1n) is 7.48. The molecule has 1 heterocycles. The Bertz CT molecular complexity index is 408. The van der Waals surface area contributed by atoms with Gasteiger partial charge in [0.2, 0.25) is 0 Å². The van der Waals surface area contributed by atoms with Crippen LogP contribution in [0.3, 0.4) is 0 Å². The zero-order chi connectivity index (χ0) is 13.6. The molecule has 0 unspecified atom stereocenters. The topological polar surface area (TPSA) is 38.8 Å². The van der Waals surface area contributed by atoms with Gasteiger partial charge in [-0.15, -0.1) is 0 Å². The molecule has 0 aromatic heterocycles. The number of fused-ring (bicyclic) bond motifs is 1. The quantitative estimate of drug-likeness (QED) is 0.568. The summed E-state index contributed by atoms with van der Waals surface area (Å²) in [5.74, 6) is 2.41. The number of allylic oxidation sites excluding steroid dienone is 1. The first kappa shape index (κ1) is 13.2. The van der Waals surface area contributed by atoms with Gasteiger partial charge in [0, 0.05) is 5.57 Å². The third kappa shape index (κ3) is 2.22. The van der Waals surface area contributed by atoms with E-state index in [4.69, 9.17) is 9.47 Å². The van der Waals surface area contributed by atoms with Crippen molar-refractivity contribution in [2.75, 3.05) is 13.7 Å².